The minimum atomic E-state index is -4.80. The smallest absolute Gasteiger partial charge is 0.405 e. The van der Waals surface area contributed by atoms with Crippen LogP contribution in [-0.4, -0.2) is 11.3 Å². The summed E-state index contributed by atoms with van der Waals surface area (Å²) in [5.41, 5.74) is -0.283. The highest BCUT2D eigenvalue weighted by molar-refractivity contribution is 14.1. The molecule has 0 aliphatic heterocycles. The number of nitro benzene ring substituents is 1. The van der Waals surface area contributed by atoms with Gasteiger partial charge in [0, 0.05) is 12.1 Å². The fourth-order valence-electron chi connectivity index (χ4n) is 0.811. The summed E-state index contributed by atoms with van der Waals surface area (Å²) in [5, 5.41) is 10.3. The fourth-order valence-corrected chi connectivity index (χ4v) is 1.42. The molecule has 0 saturated heterocycles. The van der Waals surface area contributed by atoms with Crippen LogP contribution >= 0.6 is 22.6 Å². The summed E-state index contributed by atoms with van der Waals surface area (Å²) in [6, 6.07) is 2.86. The molecule has 1 aromatic carbocycles. The predicted molar refractivity (Wildman–Crippen MR) is 52.5 cm³/mol. The molecule has 1 aromatic rings. The van der Waals surface area contributed by atoms with Crippen LogP contribution in [0.4, 0.5) is 18.9 Å². The monoisotopic (exact) mass is 333 g/mol. The average Bonchev–Trinajstić information content (AvgIpc) is 2.05. The van der Waals surface area contributed by atoms with Crippen LogP contribution in [0.15, 0.2) is 18.2 Å². The Bertz CT molecular complexity index is 394. The summed E-state index contributed by atoms with van der Waals surface area (Å²) in [6.07, 6.45) is -4.80. The lowest BCUT2D eigenvalue weighted by Gasteiger charge is -2.09. The van der Waals surface area contributed by atoms with Crippen molar-refractivity contribution in [2.45, 2.75) is 6.36 Å². The van der Waals surface area contributed by atoms with Crippen molar-refractivity contribution in [1.29, 1.82) is 0 Å². The third-order valence-corrected chi connectivity index (χ3v) is 2.19. The zero-order chi connectivity index (χ0) is 11.6. The van der Waals surface area contributed by atoms with E-state index in [9.17, 15) is 23.3 Å². The third-order valence-electron chi connectivity index (χ3n) is 1.35. The van der Waals surface area contributed by atoms with Crippen molar-refractivity contribution in [1.82, 2.24) is 0 Å². The van der Waals surface area contributed by atoms with E-state index >= 15 is 0 Å². The normalized spacial score (nSPS) is 11.2. The van der Waals surface area contributed by atoms with Crippen molar-refractivity contribution in [2.24, 2.45) is 0 Å². The second kappa shape index (κ2) is 4.21. The van der Waals surface area contributed by atoms with E-state index in [0.29, 0.717) is 0 Å². The molecule has 0 heterocycles. The van der Waals surface area contributed by atoms with Gasteiger partial charge in [0.25, 0.3) is 5.69 Å². The molecular formula is C7H3F3INO3. The molecule has 1 rings (SSSR count). The number of hydrogen-bond donors (Lipinski definition) is 0. The second-order valence-corrected chi connectivity index (χ2v) is 3.58. The van der Waals surface area contributed by atoms with Gasteiger partial charge in [0.2, 0.25) is 0 Å². The lowest BCUT2D eigenvalue weighted by molar-refractivity contribution is -0.385. The minimum Gasteiger partial charge on any atom is -0.405 e. The SMILES string of the molecule is O=[N+]([O-])c1ccc(OC(F)(F)F)c(I)c1. The number of benzene rings is 1. The summed E-state index contributed by atoms with van der Waals surface area (Å²) < 4.78 is 39.1. The summed E-state index contributed by atoms with van der Waals surface area (Å²) in [6.45, 7) is 0. The van der Waals surface area contributed by atoms with Crippen molar-refractivity contribution in [3.63, 3.8) is 0 Å². The molecule has 4 nitrogen and oxygen atoms in total. The van der Waals surface area contributed by atoms with Crippen molar-refractivity contribution >= 4 is 28.3 Å². The van der Waals surface area contributed by atoms with Crippen LogP contribution in [0.3, 0.4) is 0 Å². The molecule has 0 aromatic heterocycles. The quantitative estimate of drug-likeness (QED) is 0.475. The zero-order valence-corrected chi connectivity index (χ0v) is 9.07. The summed E-state index contributed by atoms with van der Waals surface area (Å²) in [7, 11) is 0. The van der Waals surface area contributed by atoms with Crippen LogP contribution in [0.1, 0.15) is 0 Å². The van der Waals surface area contributed by atoms with E-state index in [0.717, 1.165) is 18.2 Å². The summed E-state index contributed by atoms with van der Waals surface area (Å²) in [4.78, 5) is 9.59. The topological polar surface area (TPSA) is 52.4 Å². The first kappa shape index (κ1) is 12.0. The van der Waals surface area contributed by atoms with Crippen molar-refractivity contribution in [3.05, 3.63) is 31.9 Å². The van der Waals surface area contributed by atoms with Crippen molar-refractivity contribution < 1.29 is 22.8 Å². The van der Waals surface area contributed by atoms with Crippen LogP contribution in [-0.2, 0) is 0 Å². The van der Waals surface area contributed by atoms with Gasteiger partial charge in [-0.2, -0.15) is 0 Å². The number of nitrogens with zero attached hydrogens (tertiary/aromatic N) is 1. The lowest BCUT2D eigenvalue weighted by Crippen LogP contribution is -2.17. The highest BCUT2D eigenvalue weighted by Crippen LogP contribution is 2.30. The number of nitro groups is 1. The molecule has 8 heteroatoms. The van der Waals surface area contributed by atoms with Crippen LogP contribution in [0.2, 0.25) is 0 Å². The van der Waals surface area contributed by atoms with Gasteiger partial charge in [-0.15, -0.1) is 13.2 Å². The summed E-state index contributed by atoms with van der Waals surface area (Å²) >= 11 is 1.53. The molecule has 0 spiro atoms. The van der Waals surface area contributed by atoms with Crippen molar-refractivity contribution in [2.75, 3.05) is 0 Å². The van der Waals surface area contributed by atoms with E-state index in [4.69, 9.17) is 0 Å². The molecule has 15 heavy (non-hydrogen) atoms. The first-order valence-corrected chi connectivity index (χ1v) is 4.57. The molecule has 0 atom stereocenters. The average molecular weight is 333 g/mol. The molecule has 0 unspecified atom stereocenters. The number of alkyl halides is 3. The van der Waals surface area contributed by atoms with Crippen LogP contribution in [0.25, 0.3) is 0 Å². The van der Waals surface area contributed by atoms with E-state index in [1.165, 1.54) is 22.6 Å². The van der Waals surface area contributed by atoms with Crippen LogP contribution in [0, 0.1) is 13.7 Å². The van der Waals surface area contributed by atoms with E-state index < -0.39 is 17.0 Å². The van der Waals surface area contributed by atoms with E-state index in [1.807, 2.05) is 0 Å². The van der Waals surface area contributed by atoms with Crippen LogP contribution < -0.4 is 4.74 Å². The molecule has 0 N–H and O–H groups in total. The Morgan fingerprint density at radius 3 is 2.40 bits per heavy atom. The van der Waals surface area contributed by atoms with Gasteiger partial charge in [0.15, 0.2) is 0 Å². The number of rotatable bonds is 2. The molecule has 0 aliphatic carbocycles. The van der Waals surface area contributed by atoms with Gasteiger partial charge < -0.3 is 4.74 Å². The minimum absolute atomic E-state index is 0.0270. The third kappa shape index (κ3) is 3.53. The molecule has 0 saturated carbocycles. The zero-order valence-electron chi connectivity index (χ0n) is 6.92. The Morgan fingerprint density at radius 1 is 1.40 bits per heavy atom. The van der Waals surface area contributed by atoms with Gasteiger partial charge in [-0.3, -0.25) is 10.1 Å². The predicted octanol–water partition coefficient (Wildman–Crippen LogP) is 3.10. The van der Waals surface area contributed by atoms with Gasteiger partial charge >= 0.3 is 6.36 Å². The van der Waals surface area contributed by atoms with Crippen molar-refractivity contribution in [3.8, 4) is 5.75 Å². The molecule has 0 radical (unpaired) electrons. The standard InChI is InChI=1S/C7H3F3INO3/c8-7(9,10)15-6-2-1-4(12(13)14)3-5(6)11/h1-3H. The Hall–Kier alpha value is -1.06. The maximum Gasteiger partial charge on any atom is 0.573 e. The van der Waals surface area contributed by atoms with Gasteiger partial charge in [0.05, 0.1) is 8.49 Å². The van der Waals surface area contributed by atoms with E-state index in [-0.39, 0.29) is 9.26 Å². The van der Waals surface area contributed by atoms with Crippen LogP contribution in [0.5, 0.6) is 5.75 Å². The lowest BCUT2D eigenvalue weighted by atomic mass is 10.3. The Balaban J connectivity index is 2.99. The van der Waals surface area contributed by atoms with Gasteiger partial charge in [-0.05, 0) is 28.7 Å². The molecule has 0 aliphatic rings. The largest absolute Gasteiger partial charge is 0.573 e. The molecule has 0 amide bonds. The summed E-state index contributed by atoms with van der Waals surface area (Å²) in [5.74, 6) is -0.450. The first-order chi connectivity index (χ1) is 6.79. The Labute approximate surface area is 95.3 Å². The molecule has 0 fully saturated rings. The second-order valence-electron chi connectivity index (χ2n) is 2.42. The maximum absolute atomic E-state index is 11.8. The number of non-ortho nitro benzene ring substituents is 1. The highest BCUT2D eigenvalue weighted by atomic mass is 127. The first-order valence-electron chi connectivity index (χ1n) is 3.49. The highest BCUT2D eigenvalue weighted by Gasteiger charge is 2.32. The number of hydrogen-bond acceptors (Lipinski definition) is 3. The van der Waals surface area contributed by atoms with Gasteiger partial charge in [0.1, 0.15) is 5.75 Å². The van der Waals surface area contributed by atoms with E-state index in [1.54, 1.807) is 0 Å². The maximum atomic E-state index is 11.8. The van der Waals surface area contributed by atoms with E-state index in [2.05, 4.69) is 4.74 Å². The Morgan fingerprint density at radius 2 is 2.00 bits per heavy atom. The van der Waals surface area contributed by atoms with Gasteiger partial charge in [-0.1, -0.05) is 0 Å². The molecular weight excluding hydrogens is 330 g/mol. The molecule has 0 bridgehead atoms. The number of halogens is 4. The fraction of sp³-hybridized carbons (Fsp3) is 0.143. The Kier molecular flexibility index (Phi) is 3.37. The van der Waals surface area contributed by atoms with Gasteiger partial charge in [-0.25, -0.2) is 0 Å². The number of ether oxygens (including phenoxy) is 1. The molecule has 82 valence electrons.